The predicted octanol–water partition coefficient (Wildman–Crippen LogP) is 3.40. The third-order valence-corrected chi connectivity index (χ3v) is 6.62. The lowest BCUT2D eigenvalue weighted by molar-refractivity contribution is 0.0927. The van der Waals surface area contributed by atoms with E-state index in [0.29, 0.717) is 25.3 Å². The molecule has 1 aliphatic rings. The van der Waals surface area contributed by atoms with E-state index in [4.69, 9.17) is 4.74 Å². The Balaban J connectivity index is 1.77. The summed E-state index contributed by atoms with van der Waals surface area (Å²) >= 11 is 1.54. The maximum atomic E-state index is 13.0. The molecule has 4 nitrogen and oxygen atoms in total. The predicted molar refractivity (Wildman–Crippen MR) is 92.7 cm³/mol. The summed E-state index contributed by atoms with van der Waals surface area (Å²) in [5.41, 5.74) is 0.583. The van der Waals surface area contributed by atoms with Crippen LogP contribution in [0.4, 0.5) is 4.39 Å². The minimum atomic E-state index is -3.51. The third kappa shape index (κ3) is 4.63. The summed E-state index contributed by atoms with van der Waals surface area (Å²) in [6.45, 7) is 1.40. The molecule has 1 saturated heterocycles. The van der Waals surface area contributed by atoms with Crippen LogP contribution in [0.15, 0.2) is 41.8 Å². The van der Waals surface area contributed by atoms with Gasteiger partial charge in [-0.3, -0.25) is 0 Å². The summed E-state index contributed by atoms with van der Waals surface area (Å²) in [6, 6.07) is 9.45. The molecular formula is C17H20FNO3S2. The zero-order chi connectivity index (χ0) is 17.0. The number of sulfonamides is 1. The molecule has 0 amide bonds. The van der Waals surface area contributed by atoms with Crippen LogP contribution in [-0.2, 0) is 27.1 Å². The monoisotopic (exact) mass is 369 g/mol. The van der Waals surface area contributed by atoms with Gasteiger partial charge in [0.2, 0.25) is 10.0 Å². The Kier molecular flexibility index (Phi) is 5.65. The Hall–Kier alpha value is -1.28. The first-order valence-corrected chi connectivity index (χ1v) is 10.4. The van der Waals surface area contributed by atoms with E-state index in [2.05, 4.69) is 0 Å². The zero-order valence-electron chi connectivity index (χ0n) is 13.2. The highest BCUT2D eigenvalue weighted by molar-refractivity contribution is 7.88. The molecule has 0 bridgehead atoms. The van der Waals surface area contributed by atoms with Crippen molar-refractivity contribution in [1.29, 1.82) is 0 Å². The van der Waals surface area contributed by atoms with Crippen molar-refractivity contribution in [2.24, 2.45) is 0 Å². The van der Waals surface area contributed by atoms with E-state index in [1.807, 2.05) is 17.5 Å². The molecule has 0 radical (unpaired) electrons. The van der Waals surface area contributed by atoms with Crippen molar-refractivity contribution in [3.05, 3.63) is 58.0 Å². The number of ether oxygens (including phenoxy) is 1. The van der Waals surface area contributed by atoms with Crippen LogP contribution in [0.2, 0.25) is 0 Å². The molecule has 2 heterocycles. The van der Waals surface area contributed by atoms with E-state index in [-0.39, 0.29) is 17.7 Å². The molecule has 0 N–H and O–H groups in total. The Morgan fingerprint density at radius 3 is 2.67 bits per heavy atom. The van der Waals surface area contributed by atoms with Gasteiger partial charge in [-0.2, -0.15) is 4.31 Å². The van der Waals surface area contributed by atoms with Gasteiger partial charge in [-0.25, -0.2) is 12.8 Å². The molecule has 0 spiro atoms. The van der Waals surface area contributed by atoms with E-state index in [9.17, 15) is 12.8 Å². The molecule has 7 heteroatoms. The summed E-state index contributed by atoms with van der Waals surface area (Å²) < 4.78 is 45.9. The molecule has 1 aromatic carbocycles. The number of hydrogen-bond acceptors (Lipinski definition) is 4. The van der Waals surface area contributed by atoms with Crippen molar-refractivity contribution in [2.75, 3.05) is 13.2 Å². The maximum Gasteiger partial charge on any atom is 0.218 e. The SMILES string of the molecule is O=S(=O)(Cc1ccc(F)cc1)N(Cc1cccs1)CC1CCCO1. The Morgan fingerprint density at radius 2 is 2.04 bits per heavy atom. The van der Waals surface area contributed by atoms with Crippen LogP contribution in [0.5, 0.6) is 0 Å². The van der Waals surface area contributed by atoms with E-state index < -0.39 is 10.0 Å². The molecule has 1 unspecified atom stereocenters. The fourth-order valence-electron chi connectivity index (χ4n) is 2.75. The first-order chi connectivity index (χ1) is 11.5. The number of thiophene rings is 1. The molecule has 130 valence electrons. The largest absolute Gasteiger partial charge is 0.377 e. The molecule has 3 rings (SSSR count). The van der Waals surface area contributed by atoms with Gasteiger partial charge in [-0.05, 0) is 42.0 Å². The summed E-state index contributed by atoms with van der Waals surface area (Å²) in [7, 11) is -3.51. The minimum absolute atomic E-state index is 0.0482. The highest BCUT2D eigenvalue weighted by Gasteiger charge is 2.28. The molecule has 0 saturated carbocycles. The molecule has 1 atom stereocenters. The number of rotatable bonds is 7. The average molecular weight is 369 g/mol. The van der Waals surface area contributed by atoms with Crippen LogP contribution in [0.3, 0.4) is 0 Å². The van der Waals surface area contributed by atoms with Crippen molar-refractivity contribution in [2.45, 2.75) is 31.2 Å². The average Bonchev–Trinajstić information content (AvgIpc) is 3.22. The Morgan fingerprint density at radius 1 is 1.25 bits per heavy atom. The van der Waals surface area contributed by atoms with Gasteiger partial charge in [0, 0.05) is 24.6 Å². The van der Waals surface area contributed by atoms with E-state index in [1.54, 1.807) is 0 Å². The van der Waals surface area contributed by atoms with Crippen LogP contribution in [0, 0.1) is 5.82 Å². The highest BCUT2D eigenvalue weighted by Crippen LogP contribution is 2.21. The van der Waals surface area contributed by atoms with Gasteiger partial charge >= 0.3 is 0 Å². The first kappa shape index (κ1) is 17.5. The standard InChI is InChI=1S/C17H20FNO3S2/c18-15-7-5-14(6-8-15)13-24(20,21)19(11-16-3-1-9-22-16)12-17-4-2-10-23-17/h2,4-8,10,16H,1,3,9,11-13H2. The molecule has 24 heavy (non-hydrogen) atoms. The molecule has 1 fully saturated rings. The smallest absolute Gasteiger partial charge is 0.218 e. The summed E-state index contributed by atoms with van der Waals surface area (Å²) in [5.74, 6) is -0.503. The Labute approximate surface area is 145 Å². The second-order valence-corrected chi connectivity index (χ2v) is 8.89. The van der Waals surface area contributed by atoms with Crippen LogP contribution in [-0.4, -0.2) is 32.0 Å². The lowest BCUT2D eigenvalue weighted by Gasteiger charge is -2.24. The van der Waals surface area contributed by atoms with Crippen LogP contribution in [0.1, 0.15) is 23.3 Å². The molecule has 0 aliphatic carbocycles. The van der Waals surface area contributed by atoms with Crippen LogP contribution >= 0.6 is 11.3 Å². The summed E-state index contributed by atoms with van der Waals surface area (Å²) in [4.78, 5) is 0.996. The van der Waals surface area contributed by atoms with Crippen molar-refractivity contribution in [3.63, 3.8) is 0 Å². The quantitative estimate of drug-likeness (QED) is 0.751. The molecule has 1 aliphatic heterocycles. The van der Waals surface area contributed by atoms with Crippen molar-refractivity contribution in [1.82, 2.24) is 4.31 Å². The minimum Gasteiger partial charge on any atom is -0.377 e. The van der Waals surface area contributed by atoms with Crippen molar-refractivity contribution < 1.29 is 17.5 Å². The Bertz CT molecular complexity index is 739. The third-order valence-electron chi connectivity index (χ3n) is 4.00. The van der Waals surface area contributed by atoms with E-state index in [1.165, 1.54) is 39.9 Å². The summed E-state index contributed by atoms with van der Waals surface area (Å²) in [6.07, 6.45) is 1.80. The lowest BCUT2D eigenvalue weighted by atomic mass is 10.2. The van der Waals surface area contributed by atoms with Gasteiger partial charge in [0.15, 0.2) is 0 Å². The second kappa shape index (κ2) is 7.74. The van der Waals surface area contributed by atoms with E-state index in [0.717, 1.165) is 17.7 Å². The second-order valence-electron chi connectivity index (χ2n) is 5.89. The van der Waals surface area contributed by atoms with Crippen LogP contribution < -0.4 is 0 Å². The van der Waals surface area contributed by atoms with Gasteiger partial charge in [0.25, 0.3) is 0 Å². The fourth-order valence-corrected chi connectivity index (χ4v) is 5.08. The van der Waals surface area contributed by atoms with Gasteiger partial charge in [0.1, 0.15) is 5.82 Å². The summed E-state index contributed by atoms with van der Waals surface area (Å²) in [5, 5.41) is 1.94. The number of hydrogen-bond donors (Lipinski definition) is 0. The molecule has 2 aromatic rings. The van der Waals surface area contributed by atoms with Crippen molar-refractivity contribution >= 4 is 21.4 Å². The van der Waals surface area contributed by atoms with Crippen molar-refractivity contribution in [3.8, 4) is 0 Å². The van der Waals surface area contributed by atoms with Crippen LogP contribution in [0.25, 0.3) is 0 Å². The highest BCUT2D eigenvalue weighted by atomic mass is 32.2. The zero-order valence-corrected chi connectivity index (χ0v) is 14.9. The number of nitrogens with zero attached hydrogens (tertiary/aromatic N) is 1. The van der Waals surface area contributed by atoms with Gasteiger partial charge in [-0.1, -0.05) is 18.2 Å². The molecular weight excluding hydrogens is 349 g/mol. The number of benzene rings is 1. The maximum absolute atomic E-state index is 13.0. The lowest BCUT2D eigenvalue weighted by Crippen LogP contribution is -2.37. The van der Waals surface area contributed by atoms with E-state index >= 15 is 0 Å². The topological polar surface area (TPSA) is 46.6 Å². The fraction of sp³-hybridized carbons (Fsp3) is 0.412. The normalized spacial score (nSPS) is 18.3. The first-order valence-electron chi connectivity index (χ1n) is 7.89. The van der Waals surface area contributed by atoms with Gasteiger partial charge < -0.3 is 4.74 Å². The number of halogens is 1. The van der Waals surface area contributed by atoms with Gasteiger partial charge in [-0.15, -0.1) is 11.3 Å². The van der Waals surface area contributed by atoms with Gasteiger partial charge in [0.05, 0.1) is 11.9 Å². The molecule has 1 aromatic heterocycles.